The highest BCUT2D eigenvalue weighted by molar-refractivity contribution is 5.99. The Labute approximate surface area is 186 Å². The first kappa shape index (κ1) is 21.5. The summed E-state index contributed by atoms with van der Waals surface area (Å²) < 4.78 is 15.7. The molecule has 3 amide bonds. The smallest absolute Gasteiger partial charge is 0.324 e. The first-order valence-corrected chi connectivity index (χ1v) is 10.7. The maximum atomic E-state index is 13.9. The zero-order valence-corrected chi connectivity index (χ0v) is 17.9. The van der Waals surface area contributed by atoms with Crippen molar-refractivity contribution in [3.8, 4) is 0 Å². The number of hydrogen-bond acceptors (Lipinski definition) is 3. The Bertz CT molecular complexity index is 1110. The van der Waals surface area contributed by atoms with Gasteiger partial charge in [-0.2, -0.15) is 5.10 Å². The Morgan fingerprint density at radius 3 is 2.50 bits per heavy atom. The second-order valence-corrected chi connectivity index (χ2v) is 7.94. The maximum absolute atomic E-state index is 13.9. The molecule has 0 radical (unpaired) electrons. The lowest BCUT2D eigenvalue weighted by Gasteiger charge is -2.33. The van der Waals surface area contributed by atoms with E-state index in [9.17, 15) is 14.0 Å². The lowest BCUT2D eigenvalue weighted by Crippen LogP contribution is -2.40. The topological polar surface area (TPSA) is 79.3 Å². The van der Waals surface area contributed by atoms with Gasteiger partial charge in [0, 0.05) is 24.8 Å². The average molecular weight is 436 g/mol. The Morgan fingerprint density at radius 1 is 1.03 bits per heavy atom. The zero-order valence-electron chi connectivity index (χ0n) is 17.9. The number of carbonyl (C=O) groups excluding carboxylic acids is 2. The van der Waals surface area contributed by atoms with E-state index in [0.717, 1.165) is 11.3 Å². The zero-order chi connectivity index (χ0) is 22.5. The van der Waals surface area contributed by atoms with E-state index in [-0.39, 0.29) is 30.2 Å². The predicted molar refractivity (Wildman–Crippen MR) is 121 cm³/mol. The van der Waals surface area contributed by atoms with E-state index in [1.165, 1.54) is 6.07 Å². The summed E-state index contributed by atoms with van der Waals surface area (Å²) in [7, 11) is 0. The van der Waals surface area contributed by atoms with Crippen molar-refractivity contribution in [2.45, 2.75) is 32.2 Å². The molecule has 2 N–H and O–H groups in total. The van der Waals surface area contributed by atoms with Gasteiger partial charge < -0.3 is 10.2 Å². The third-order valence-corrected chi connectivity index (χ3v) is 5.77. The molecule has 0 bridgehead atoms. The highest BCUT2D eigenvalue weighted by Gasteiger charge is 2.26. The summed E-state index contributed by atoms with van der Waals surface area (Å²) in [5, 5.41) is 10.1. The number of hydrogen-bond donors (Lipinski definition) is 2. The van der Waals surface area contributed by atoms with Crippen molar-refractivity contribution in [3.05, 3.63) is 77.7 Å². The lowest BCUT2D eigenvalue weighted by atomic mass is 10.0. The number of nitrogens with zero attached hydrogens (tertiary/aromatic N) is 3. The molecule has 2 heterocycles. The Kier molecular flexibility index (Phi) is 6.49. The van der Waals surface area contributed by atoms with Crippen LogP contribution in [-0.2, 0) is 11.2 Å². The van der Waals surface area contributed by atoms with Gasteiger partial charge in [0.1, 0.15) is 11.6 Å². The first-order valence-electron chi connectivity index (χ1n) is 10.7. The van der Waals surface area contributed by atoms with Gasteiger partial charge in [-0.05, 0) is 43.0 Å². The molecule has 1 aromatic heterocycles. The molecule has 8 heteroatoms. The van der Waals surface area contributed by atoms with Crippen LogP contribution in [0.5, 0.6) is 0 Å². The van der Waals surface area contributed by atoms with Crippen molar-refractivity contribution >= 4 is 23.4 Å². The molecule has 1 fully saturated rings. The highest BCUT2D eigenvalue weighted by atomic mass is 19.1. The summed E-state index contributed by atoms with van der Waals surface area (Å²) >= 11 is 0. The standard InChI is InChI=1S/C24H26FN5O2/c1-17-6-2-5-9-21(17)27-24(32)28-22-10-13-26-30(22)19-11-14-29(15-12-19)23(31)16-18-7-3-4-8-20(18)25/h2-10,13,19H,11-12,14-16H2,1H3,(H2,27,28,32). The number of anilines is 2. The molecule has 0 atom stereocenters. The van der Waals surface area contributed by atoms with Crippen LogP contribution in [0, 0.1) is 12.7 Å². The number of para-hydroxylation sites is 1. The van der Waals surface area contributed by atoms with E-state index in [1.54, 1.807) is 40.0 Å². The van der Waals surface area contributed by atoms with Gasteiger partial charge in [-0.15, -0.1) is 0 Å². The van der Waals surface area contributed by atoms with Crippen LogP contribution in [0.1, 0.15) is 30.0 Å². The molecule has 166 valence electrons. The molecule has 7 nitrogen and oxygen atoms in total. The molecule has 0 spiro atoms. The van der Waals surface area contributed by atoms with Gasteiger partial charge in [-0.3, -0.25) is 10.1 Å². The van der Waals surface area contributed by atoms with Crippen LogP contribution in [0.25, 0.3) is 0 Å². The molecule has 32 heavy (non-hydrogen) atoms. The number of nitrogens with one attached hydrogen (secondary N) is 2. The second-order valence-electron chi connectivity index (χ2n) is 7.94. The number of piperidine rings is 1. The van der Waals surface area contributed by atoms with E-state index in [2.05, 4.69) is 15.7 Å². The third kappa shape index (κ3) is 4.96. The minimum atomic E-state index is -0.355. The minimum absolute atomic E-state index is 0.0605. The summed E-state index contributed by atoms with van der Waals surface area (Å²) in [5.41, 5.74) is 2.14. The summed E-state index contributed by atoms with van der Waals surface area (Å²) in [6.07, 6.45) is 3.13. The molecule has 1 aliphatic heterocycles. The normalized spacial score (nSPS) is 14.2. The number of amides is 3. The molecular formula is C24H26FN5O2. The van der Waals surface area contributed by atoms with Gasteiger partial charge >= 0.3 is 6.03 Å². The van der Waals surface area contributed by atoms with Gasteiger partial charge in [0.2, 0.25) is 5.91 Å². The van der Waals surface area contributed by atoms with Gasteiger partial charge in [0.15, 0.2) is 0 Å². The molecule has 2 aromatic carbocycles. The van der Waals surface area contributed by atoms with Crippen LogP contribution in [0.2, 0.25) is 0 Å². The Balaban J connectivity index is 1.33. The van der Waals surface area contributed by atoms with Crippen LogP contribution in [-0.4, -0.2) is 39.7 Å². The molecule has 1 aliphatic rings. The van der Waals surface area contributed by atoms with Crippen LogP contribution >= 0.6 is 0 Å². The number of likely N-dealkylation sites (tertiary alicyclic amines) is 1. The molecule has 3 aromatic rings. The quantitative estimate of drug-likeness (QED) is 0.624. The number of aromatic nitrogens is 2. The molecule has 4 rings (SSSR count). The predicted octanol–water partition coefficient (Wildman–Crippen LogP) is 4.38. The average Bonchev–Trinajstić information content (AvgIpc) is 3.25. The summed E-state index contributed by atoms with van der Waals surface area (Å²) in [6, 6.07) is 15.4. The minimum Gasteiger partial charge on any atom is -0.342 e. The third-order valence-electron chi connectivity index (χ3n) is 5.77. The molecule has 1 saturated heterocycles. The highest BCUT2D eigenvalue weighted by Crippen LogP contribution is 2.26. The lowest BCUT2D eigenvalue weighted by molar-refractivity contribution is -0.131. The van der Waals surface area contributed by atoms with Crippen LogP contribution < -0.4 is 10.6 Å². The van der Waals surface area contributed by atoms with Crippen LogP contribution in [0.3, 0.4) is 0 Å². The SMILES string of the molecule is Cc1ccccc1NC(=O)Nc1ccnn1C1CCN(C(=O)Cc2ccccc2F)CC1. The van der Waals surface area contributed by atoms with Crippen molar-refractivity contribution in [3.63, 3.8) is 0 Å². The Hall–Kier alpha value is -3.68. The van der Waals surface area contributed by atoms with Crippen LogP contribution in [0.15, 0.2) is 60.8 Å². The number of rotatable bonds is 5. The molecule has 0 saturated carbocycles. The fourth-order valence-electron chi connectivity index (χ4n) is 3.96. The largest absolute Gasteiger partial charge is 0.342 e. The second kappa shape index (κ2) is 9.64. The maximum Gasteiger partial charge on any atom is 0.324 e. The van der Waals surface area contributed by atoms with E-state index < -0.39 is 0 Å². The van der Waals surface area contributed by atoms with E-state index in [4.69, 9.17) is 0 Å². The van der Waals surface area contributed by atoms with Crippen molar-refractivity contribution < 1.29 is 14.0 Å². The van der Waals surface area contributed by atoms with Gasteiger partial charge in [0.05, 0.1) is 18.7 Å². The van der Waals surface area contributed by atoms with Crippen LogP contribution in [0.4, 0.5) is 20.7 Å². The monoisotopic (exact) mass is 435 g/mol. The van der Waals surface area contributed by atoms with Crippen molar-refractivity contribution in [1.82, 2.24) is 14.7 Å². The van der Waals surface area contributed by atoms with Gasteiger partial charge in [-0.1, -0.05) is 36.4 Å². The number of aryl methyl sites for hydroxylation is 1. The number of urea groups is 1. The van der Waals surface area contributed by atoms with E-state index >= 15 is 0 Å². The van der Waals surface area contributed by atoms with Crippen molar-refractivity contribution in [1.29, 1.82) is 0 Å². The summed E-state index contributed by atoms with van der Waals surface area (Å²) in [4.78, 5) is 26.8. The van der Waals surface area contributed by atoms with Gasteiger partial charge in [-0.25, -0.2) is 13.9 Å². The number of benzene rings is 2. The fourth-order valence-corrected chi connectivity index (χ4v) is 3.96. The summed E-state index contributed by atoms with van der Waals surface area (Å²) in [5.74, 6) is 0.171. The first-order chi connectivity index (χ1) is 15.5. The number of halogens is 1. The number of carbonyl (C=O) groups is 2. The fraction of sp³-hybridized carbons (Fsp3) is 0.292. The van der Waals surface area contributed by atoms with Gasteiger partial charge in [0.25, 0.3) is 0 Å². The molecule has 0 aliphatic carbocycles. The van der Waals surface area contributed by atoms with E-state index in [0.29, 0.717) is 37.3 Å². The molecule has 0 unspecified atom stereocenters. The van der Waals surface area contributed by atoms with E-state index in [1.807, 2.05) is 31.2 Å². The van der Waals surface area contributed by atoms with Crippen molar-refractivity contribution in [2.75, 3.05) is 23.7 Å². The summed E-state index contributed by atoms with van der Waals surface area (Å²) in [6.45, 7) is 3.06. The Morgan fingerprint density at radius 2 is 1.75 bits per heavy atom. The van der Waals surface area contributed by atoms with Crippen molar-refractivity contribution in [2.24, 2.45) is 0 Å². The molecular weight excluding hydrogens is 409 g/mol.